The van der Waals surface area contributed by atoms with E-state index in [0.717, 1.165) is 28.0 Å². The van der Waals surface area contributed by atoms with E-state index in [0.29, 0.717) is 6.54 Å². The van der Waals surface area contributed by atoms with Crippen molar-refractivity contribution in [2.75, 3.05) is 12.4 Å². The number of benzene rings is 1. The minimum absolute atomic E-state index is 0.652. The van der Waals surface area contributed by atoms with Gasteiger partial charge in [-0.2, -0.15) is 5.10 Å². The zero-order chi connectivity index (χ0) is 13.9. The summed E-state index contributed by atoms with van der Waals surface area (Å²) in [7, 11) is 3.58. The van der Waals surface area contributed by atoms with E-state index in [1.54, 1.807) is 18.0 Å². The largest absolute Gasteiger partial charge is 0.497 e. The highest BCUT2D eigenvalue weighted by atomic mass is 16.5. The Balaban J connectivity index is 1.87. The molecule has 0 atom stereocenters. The second-order valence-electron chi connectivity index (χ2n) is 4.58. The third kappa shape index (κ3) is 2.42. The van der Waals surface area contributed by atoms with Crippen molar-refractivity contribution in [3.63, 3.8) is 0 Å². The van der Waals surface area contributed by atoms with Crippen molar-refractivity contribution >= 4 is 16.6 Å². The Morgan fingerprint density at radius 2 is 2.15 bits per heavy atom. The number of hydrogen-bond acceptors (Lipinski definition) is 4. The SMILES string of the molecule is COc1ccc2c(NCc3ccn(C)n3)nccc2c1. The average Bonchev–Trinajstić information content (AvgIpc) is 2.90. The van der Waals surface area contributed by atoms with Gasteiger partial charge < -0.3 is 10.1 Å². The molecule has 2 heterocycles. The molecule has 2 aromatic heterocycles. The predicted molar refractivity (Wildman–Crippen MR) is 78.8 cm³/mol. The van der Waals surface area contributed by atoms with Crippen molar-refractivity contribution in [2.45, 2.75) is 6.54 Å². The highest BCUT2D eigenvalue weighted by Crippen LogP contribution is 2.25. The normalized spacial score (nSPS) is 10.7. The average molecular weight is 268 g/mol. The fourth-order valence-corrected chi connectivity index (χ4v) is 2.16. The molecule has 0 saturated carbocycles. The standard InChI is InChI=1S/C15H16N4O/c1-19-8-6-12(18-19)10-17-15-14-4-3-13(20-2)9-11(14)5-7-16-15/h3-9H,10H2,1-2H3,(H,16,17). The second kappa shape index (κ2) is 5.21. The Labute approximate surface area is 117 Å². The predicted octanol–water partition coefficient (Wildman–Crippen LogP) is 2.59. The monoisotopic (exact) mass is 268 g/mol. The molecular weight excluding hydrogens is 252 g/mol. The van der Waals surface area contributed by atoms with Gasteiger partial charge >= 0.3 is 0 Å². The first-order chi connectivity index (χ1) is 9.76. The molecular formula is C15H16N4O. The van der Waals surface area contributed by atoms with Crippen LogP contribution in [0.15, 0.2) is 42.7 Å². The van der Waals surface area contributed by atoms with Crippen molar-refractivity contribution < 1.29 is 4.74 Å². The van der Waals surface area contributed by atoms with Gasteiger partial charge in [0.2, 0.25) is 0 Å². The number of aryl methyl sites for hydroxylation is 1. The lowest BCUT2D eigenvalue weighted by Crippen LogP contribution is -2.03. The Morgan fingerprint density at radius 1 is 1.25 bits per heavy atom. The number of pyridine rings is 1. The van der Waals surface area contributed by atoms with Crippen LogP contribution in [0.5, 0.6) is 5.75 Å². The fraction of sp³-hybridized carbons (Fsp3) is 0.200. The van der Waals surface area contributed by atoms with Gasteiger partial charge in [0.05, 0.1) is 19.3 Å². The smallest absolute Gasteiger partial charge is 0.134 e. The molecule has 0 saturated heterocycles. The minimum Gasteiger partial charge on any atom is -0.497 e. The summed E-state index contributed by atoms with van der Waals surface area (Å²) in [5.74, 6) is 1.70. The summed E-state index contributed by atoms with van der Waals surface area (Å²) < 4.78 is 7.03. The van der Waals surface area contributed by atoms with E-state index in [4.69, 9.17) is 4.74 Å². The lowest BCUT2D eigenvalue weighted by atomic mass is 10.1. The third-order valence-corrected chi connectivity index (χ3v) is 3.18. The van der Waals surface area contributed by atoms with Gasteiger partial charge in [0, 0.05) is 24.8 Å². The van der Waals surface area contributed by atoms with E-state index in [-0.39, 0.29) is 0 Å². The van der Waals surface area contributed by atoms with Crippen LogP contribution in [0.1, 0.15) is 5.69 Å². The summed E-state index contributed by atoms with van der Waals surface area (Å²) in [5.41, 5.74) is 0.986. The molecule has 3 rings (SSSR count). The molecule has 0 spiro atoms. The van der Waals surface area contributed by atoms with E-state index in [9.17, 15) is 0 Å². The van der Waals surface area contributed by atoms with Gasteiger partial charge in [0.15, 0.2) is 0 Å². The number of nitrogens with zero attached hydrogens (tertiary/aromatic N) is 3. The number of rotatable bonds is 4. The van der Waals surface area contributed by atoms with Gasteiger partial charge in [-0.05, 0) is 35.7 Å². The summed E-state index contributed by atoms with van der Waals surface area (Å²) in [4.78, 5) is 4.40. The fourth-order valence-electron chi connectivity index (χ4n) is 2.16. The maximum atomic E-state index is 5.24. The zero-order valence-corrected chi connectivity index (χ0v) is 11.5. The maximum absolute atomic E-state index is 5.24. The third-order valence-electron chi connectivity index (χ3n) is 3.18. The van der Waals surface area contributed by atoms with Crippen LogP contribution in [0.3, 0.4) is 0 Å². The van der Waals surface area contributed by atoms with Crippen molar-refractivity contribution in [3.05, 3.63) is 48.4 Å². The summed E-state index contributed by atoms with van der Waals surface area (Å²) >= 11 is 0. The van der Waals surface area contributed by atoms with Crippen molar-refractivity contribution in [1.82, 2.24) is 14.8 Å². The quantitative estimate of drug-likeness (QED) is 0.790. The molecule has 5 nitrogen and oxygen atoms in total. The highest BCUT2D eigenvalue weighted by molar-refractivity contribution is 5.92. The van der Waals surface area contributed by atoms with Crippen LogP contribution < -0.4 is 10.1 Å². The van der Waals surface area contributed by atoms with Crippen molar-refractivity contribution in [3.8, 4) is 5.75 Å². The van der Waals surface area contributed by atoms with Gasteiger partial charge in [-0.3, -0.25) is 4.68 Å². The van der Waals surface area contributed by atoms with Crippen LogP contribution in [-0.4, -0.2) is 21.9 Å². The van der Waals surface area contributed by atoms with E-state index in [2.05, 4.69) is 15.4 Å². The second-order valence-corrected chi connectivity index (χ2v) is 4.58. The summed E-state index contributed by atoms with van der Waals surface area (Å²) in [6.45, 7) is 0.652. The zero-order valence-electron chi connectivity index (χ0n) is 11.5. The Hall–Kier alpha value is -2.56. The van der Waals surface area contributed by atoms with Crippen LogP contribution in [-0.2, 0) is 13.6 Å². The van der Waals surface area contributed by atoms with Crippen molar-refractivity contribution in [2.24, 2.45) is 7.05 Å². The topological polar surface area (TPSA) is 52.0 Å². The molecule has 0 aliphatic heterocycles. The van der Waals surface area contributed by atoms with E-state index < -0.39 is 0 Å². The molecule has 0 radical (unpaired) electrons. The first kappa shape index (κ1) is 12.5. The Bertz CT molecular complexity index is 736. The number of nitrogens with one attached hydrogen (secondary N) is 1. The van der Waals surface area contributed by atoms with E-state index >= 15 is 0 Å². The molecule has 102 valence electrons. The molecule has 0 bridgehead atoms. The molecule has 0 amide bonds. The molecule has 0 unspecified atom stereocenters. The minimum atomic E-state index is 0.652. The number of fused-ring (bicyclic) bond motifs is 1. The lowest BCUT2D eigenvalue weighted by molar-refractivity contribution is 0.415. The molecule has 3 aromatic rings. The van der Waals surface area contributed by atoms with Crippen LogP contribution in [0, 0.1) is 0 Å². The first-order valence-electron chi connectivity index (χ1n) is 6.41. The molecule has 20 heavy (non-hydrogen) atoms. The van der Waals surface area contributed by atoms with Gasteiger partial charge in [0.25, 0.3) is 0 Å². The van der Waals surface area contributed by atoms with Crippen LogP contribution >= 0.6 is 0 Å². The molecule has 0 aliphatic carbocycles. The number of aromatic nitrogens is 3. The Kier molecular flexibility index (Phi) is 3.25. The first-order valence-corrected chi connectivity index (χ1v) is 6.41. The van der Waals surface area contributed by atoms with E-state index in [1.165, 1.54) is 0 Å². The maximum Gasteiger partial charge on any atom is 0.134 e. The summed E-state index contributed by atoms with van der Waals surface area (Å²) in [5, 5.41) is 9.84. The summed E-state index contributed by atoms with van der Waals surface area (Å²) in [6, 6.07) is 9.92. The number of methoxy groups -OCH3 is 1. The Morgan fingerprint density at radius 3 is 2.90 bits per heavy atom. The van der Waals surface area contributed by atoms with Gasteiger partial charge in [-0.25, -0.2) is 4.98 Å². The van der Waals surface area contributed by atoms with Gasteiger partial charge in [-0.1, -0.05) is 0 Å². The van der Waals surface area contributed by atoms with Crippen molar-refractivity contribution in [1.29, 1.82) is 0 Å². The number of anilines is 1. The van der Waals surface area contributed by atoms with Gasteiger partial charge in [0.1, 0.15) is 11.6 Å². The van der Waals surface area contributed by atoms with Crippen LogP contribution in [0.25, 0.3) is 10.8 Å². The molecule has 0 aliphatic rings. The molecule has 1 N–H and O–H groups in total. The van der Waals surface area contributed by atoms with Crippen LogP contribution in [0.4, 0.5) is 5.82 Å². The molecule has 5 heteroatoms. The number of hydrogen-bond donors (Lipinski definition) is 1. The molecule has 0 fully saturated rings. The van der Waals surface area contributed by atoms with Gasteiger partial charge in [-0.15, -0.1) is 0 Å². The number of ether oxygens (including phenoxy) is 1. The summed E-state index contributed by atoms with van der Waals surface area (Å²) in [6.07, 6.45) is 3.72. The highest BCUT2D eigenvalue weighted by Gasteiger charge is 2.04. The van der Waals surface area contributed by atoms with E-state index in [1.807, 2.05) is 43.6 Å². The molecule has 1 aromatic carbocycles. The lowest BCUT2D eigenvalue weighted by Gasteiger charge is -2.08. The van der Waals surface area contributed by atoms with Crippen LogP contribution in [0.2, 0.25) is 0 Å².